The van der Waals surface area contributed by atoms with E-state index in [0.29, 0.717) is 5.54 Å². The Labute approximate surface area is 166 Å². The van der Waals surface area contributed by atoms with E-state index >= 15 is 0 Å². The first kappa shape index (κ1) is 24.0. The minimum atomic E-state index is -1.89. The van der Waals surface area contributed by atoms with E-state index in [1.165, 1.54) is 11.1 Å². The molecular weight excluding hydrogens is 349 g/mol. The fraction of sp³-hybridized carbons (Fsp3) is 0.826. The molecule has 0 saturated heterocycles. The Balaban J connectivity index is 3.92. The molecule has 3 heteroatoms. The normalized spacial score (nSPS) is 18.9. The van der Waals surface area contributed by atoms with Crippen molar-refractivity contribution < 1.29 is 0 Å². The second-order valence-corrected chi connectivity index (χ2v) is 21.9. The second kappa shape index (κ2) is 6.77. The maximum absolute atomic E-state index is 6.09. The maximum Gasteiger partial charge on any atom is 0.184 e. The highest BCUT2D eigenvalue weighted by Crippen LogP contribution is 2.77. The van der Waals surface area contributed by atoms with Crippen LogP contribution in [0.1, 0.15) is 90.0 Å². The molecule has 26 heavy (non-hydrogen) atoms. The fourth-order valence-electron chi connectivity index (χ4n) is 6.32. The van der Waals surface area contributed by atoms with Crippen molar-refractivity contribution in [2.45, 2.75) is 124 Å². The van der Waals surface area contributed by atoms with E-state index < -0.39 is 15.3 Å². The largest absolute Gasteiger partial charge is 0.335 e. The molecule has 1 nitrogen and oxygen atoms in total. The molecule has 0 aliphatic heterocycles. The molecule has 1 aliphatic rings. The molecule has 0 bridgehead atoms. The van der Waals surface area contributed by atoms with Crippen molar-refractivity contribution in [1.29, 1.82) is 0 Å². The zero-order chi connectivity index (χ0) is 21.1. The molecule has 0 aromatic carbocycles. The van der Waals surface area contributed by atoms with Gasteiger partial charge in [-0.25, -0.2) is 0 Å². The Bertz CT molecular complexity index is 618. The summed E-state index contributed by atoms with van der Waals surface area (Å²) >= 11 is 0. The van der Waals surface area contributed by atoms with E-state index in [4.69, 9.17) is 4.41 Å². The summed E-state index contributed by atoms with van der Waals surface area (Å²) in [5.74, 6) is 0. The molecule has 0 atom stereocenters. The van der Waals surface area contributed by atoms with Crippen molar-refractivity contribution >= 4 is 15.3 Å². The van der Waals surface area contributed by atoms with E-state index in [1.807, 2.05) is 0 Å². The van der Waals surface area contributed by atoms with Crippen LogP contribution in [-0.4, -0.2) is 23.7 Å². The van der Waals surface area contributed by atoms with Crippen LogP contribution in [0.25, 0.3) is 0 Å². The van der Waals surface area contributed by atoms with Crippen LogP contribution >= 0.6 is 7.05 Å². The third-order valence-corrected chi connectivity index (χ3v) is 18.0. The van der Waals surface area contributed by atoms with Gasteiger partial charge < -0.3 is 4.41 Å². The molecule has 152 valence electrons. The van der Waals surface area contributed by atoms with Gasteiger partial charge in [0.2, 0.25) is 0 Å². The van der Waals surface area contributed by atoms with Gasteiger partial charge in [0.15, 0.2) is 8.24 Å². The lowest BCUT2D eigenvalue weighted by atomic mass is 10.1. The first-order chi connectivity index (χ1) is 11.2. The van der Waals surface area contributed by atoms with E-state index in [0.717, 1.165) is 0 Å². The summed E-state index contributed by atoms with van der Waals surface area (Å²) in [7, 11) is -3.56. The highest BCUT2D eigenvalue weighted by Gasteiger charge is 2.53. The van der Waals surface area contributed by atoms with Crippen molar-refractivity contribution in [3.05, 3.63) is 22.3 Å². The first-order valence-electron chi connectivity index (χ1n) is 10.2. The van der Waals surface area contributed by atoms with Crippen LogP contribution in [-0.2, 0) is 0 Å². The van der Waals surface area contributed by atoms with Crippen molar-refractivity contribution in [3.8, 4) is 0 Å². The lowest BCUT2D eigenvalue weighted by Crippen LogP contribution is -2.42. The number of rotatable bonds is 2. The molecule has 0 N–H and O–H groups in total. The Morgan fingerprint density at radius 3 is 1.15 bits per heavy atom. The predicted octanol–water partition coefficient (Wildman–Crippen LogP) is 8.84. The topological polar surface area (TPSA) is 12.4 Å². The van der Waals surface area contributed by atoms with Gasteiger partial charge in [0.05, 0.1) is 0 Å². The predicted molar refractivity (Wildman–Crippen MR) is 127 cm³/mol. The molecule has 0 fully saturated rings. The van der Waals surface area contributed by atoms with E-state index in [9.17, 15) is 0 Å². The van der Waals surface area contributed by atoms with Crippen molar-refractivity contribution in [3.63, 3.8) is 0 Å². The monoisotopic (exact) mass is 395 g/mol. The SMILES string of the molecule is CC1=C(C)C([Si](C)(C)N=P(C(C)(C)C)(C(C)(C)C)C(C)(C)C)C(C)=C1C. The van der Waals surface area contributed by atoms with E-state index in [2.05, 4.69) is 103 Å². The van der Waals surface area contributed by atoms with Crippen molar-refractivity contribution in [2.24, 2.45) is 4.41 Å². The molecule has 0 radical (unpaired) electrons. The molecule has 0 aromatic rings. The van der Waals surface area contributed by atoms with Crippen LogP contribution in [0.15, 0.2) is 26.7 Å². The smallest absolute Gasteiger partial charge is 0.184 e. The molecule has 0 heterocycles. The standard InChI is InChI=1S/C23H46NPSi/c1-16-17(2)19(4)20(18(16)3)26(14,15)24-25(21(5,6)7,22(8,9)10)23(11,12)13/h20H,1-15H3. The lowest BCUT2D eigenvalue weighted by Gasteiger charge is -2.56. The third kappa shape index (κ3) is 3.62. The van der Waals surface area contributed by atoms with Crippen LogP contribution in [0.2, 0.25) is 18.6 Å². The Kier molecular flexibility index (Phi) is 6.24. The third-order valence-electron chi connectivity index (χ3n) is 6.64. The van der Waals surface area contributed by atoms with Crippen molar-refractivity contribution in [2.75, 3.05) is 0 Å². The maximum atomic E-state index is 6.09. The molecule has 0 spiro atoms. The van der Waals surface area contributed by atoms with Gasteiger partial charge in [-0.05, 0) is 74.5 Å². The Hall–Kier alpha value is -0.0731. The van der Waals surface area contributed by atoms with Crippen LogP contribution in [0.3, 0.4) is 0 Å². The van der Waals surface area contributed by atoms with Crippen molar-refractivity contribution in [1.82, 2.24) is 0 Å². The van der Waals surface area contributed by atoms with Gasteiger partial charge in [0, 0.05) is 5.54 Å². The van der Waals surface area contributed by atoms with E-state index in [1.54, 1.807) is 11.1 Å². The molecular formula is C23H46NPSi. The average molecular weight is 396 g/mol. The molecule has 0 saturated carbocycles. The molecule has 0 amide bonds. The molecule has 0 unspecified atom stereocenters. The van der Waals surface area contributed by atoms with Gasteiger partial charge in [0.25, 0.3) is 0 Å². The van der Waals surface area contributed by atoms with Gasteiger partial charge in [-0.1, -0.05) is 73.5 Å². The van der Waals surface area contributed by atoms with E-state index in [-0.39, 0.29) is 15.5 Å². The molecule has 1 aliphatic carbocycles. The highest BCUT2D eigenvalue weighted by atomic mass is 31.2. The van der Waals surface area contributed by atoms with Crippen LogP contribution < -0.4 is 0 Å². The molecule has 1 rings (SSSR count). The number of hydrogen-bond donors (Lipinski definition) is 0. The summed E-state index contributed by atoms with van der Waals surface area (Å²) in [6.07, 6.45) is 0. The van der Waals surface area contributed by atoms with Gasteiger partial charge in [0.1, 0.15) is 0 Å². The van der Waals surface area contributed by atoms with Crippen LogP contribution in [0.5, 0.6) is 0 Å². The number of nitrogens with zero attached hydrogens (tertiary/aromatic N) is 1. The number of allylic oxidation sites excluding steroid dienone is 4. The van der Waals surface area contributed by atoms with Gasteiger partial charge in [-0.2, -0.15) is 0 Å². The minimum absolute atomic E-state index is 0.200. The van der Waals surface area contributed by atoms with Crippen LogP contribution in [0.4, 0.5) is 0 Å². The second-order valence-electron chi connectivity index (χ2n) is 12.0. The highest BCUT2D eigenvalue weighted by molar-refractivity contribution is 7.71. The van der Waals surface area contributed by atoms with Crippen LogP contribution in [0, 0.1) is 0 Å². The summed E-state index contributed by atoms with van der Waals surface area (Å²) in [4.78, 5) is 0. The molecule has 0 aromatic heterocycles. The Morgan fingerprint density at radius 1 is 0.654 bits per heavy atom. The summed E-state index contributed by atoms with van der Waals surface area (Å²) in [6, 6.07) is 0. The van der Waals surface area contributed by atoms with Gasteiger partial charge in [-0.15, -0.1) is 0 Å². The zero-order valence-electron chi connectivity index (χ0n) is 20.5. The lowest BCUT2D eigenvalue weighted by molar-refractivity contribution is 0.630. The fourth-order valence-corrected chi connectivity index (χ4v) is 22.1. The summed E-state index contributed by atoms with van der Waals surface area (Å²) in [5, 5.41) is 0.600. The minimum Gasteiger partial charge on any atom is -0.335 e. The Morgan fingerprint density at radius 2 is 0.923 bits per heavy atom. The quantitative estimate of drug-likeness (QED) is 0.327. The summed E-state index contributed by atoms with van der Waals surface area (Å²) < 4.78 is 6.09. The van der Waals surface area contributed by atoms with Gasteiger partial charge in [-0.3, -0.25) is 0 Å². The average Bonchev–Trinajstić information content (AvgIpc) is 2.56. The number of hydrogen-bond acceptors (Lipinski definition) is 1. The van der Waals surface area contributed by atoms with Gasteiger partial charge >= 0.3 is 0 Å². The first-order valence-corrected chi connectivity index (χ1v) is 15.0. The summed E-state index contributed by atoms with van der Waals surface area (Å²) in [6.45, 7) is 36.4. The summed E-state index contributed by atoms with van der Waals surface area (Å²) in [5.41, 5.74) is 6.74. The zero-order valence-corrected chi connectivity index (χ0v) is 22.4.